The lowest BCUT2D eigenvalue weighted by Crippen LogP contribution is -2.14. The molecule has 0 heterocycles. The molecule has 2 aromatic rings. The Hall–Kier alpha value is -1.99. The molecular weight excluding hydrogens is 300 g/mol. The summed E-state index contributed by atoms with van der Waals surface area (Å²) in [6.07, 6.45) is 0. The lowest BCUT2D eigenvalue weighted by molar-refractivity contribution is 0.275. The number of sulfonamides is 1. The van der Waals surface area contributed by atoms with Gasteiger partial charge in [-0.1, -0.05) is 6.07 Å². The Morgan fingerprint density at radius 2 is 1.86 bits per heavy atom. The third-order valence-corrected chi connectivity index (χ3v) is 4.37. The SMILES string of the molecule is Cc1c(F)cccc1NS(=O)(=O)c1ccc(F)c(CO)c1. The van der Waals surface area contributed by atoms with E-state index in [-0.39, 0.29) is 21.7 Å². The predicted octanol–water partition coefficient (Wildman–Crippen LogP) is 2.57. The molecule has 0 unspecified atom stereocenters. The monoisotopic (exact) mass is 313 g/mol. The van der Waals surface area contributed by atoms with Gasteiger partial charge in [0.25, 0.3) is 10.0 Å². The summed E-state index contributed by atoms with van der Waals surface area (Å²) in [6.45, 7) is 0.825. The first-order valence-electron chi connectivity index (χ1n) is 6.02. The van der Waals surface area contributed by atoms with Crippen LogP contribution in [0.4, 0.5) is 14.5 Å². The lowest BCUT2D eigenvalue weighted by Gasteiger charge is -2.11. The predicted molar refractivity (Wildman–Crippen MR) is 74.3 cm³/mol. The number of hydrogen-bond acceptors (Lipinski definition) is 3. The van der Waals surface area contributed by atoms with Crippen LogP contribution < -0.4 is 4.72 Å². The highest BCUT2D eigenvalue weighted by Crippen LogP contribution is 2.22. The Labute approximate surface area is 121 Å². The van der Waals surface area contributed by atoms with Crippen LogP contribution >= 0.6 is 0 Å². The van der Waals surface area contributed by atoms with Crippen LogP contribution in [0.2, 0.25) is 0 Å². The topological polar surface area (TPSA) is 66.4 Å². The summed E-state index contributed by atoms with van der Waals surface area (Å²) in [4.78, 5) is -0.211. The van der Waals surface area contributed by atoms with Crippen molar-refractivity contribution in [3.63, 3.8) is 0 Å². The van der Waals surface area contributed by atoms with Gasteiger partial charge in [-0.15, -0.1) is 0 Å². The van der Waals surface area contributed by atoms with Crippen molar-refractivity contribution in [2.75, 3.05) is 4.72 Å². The van der Waals surface area contributed by atoms with E-state index in [1.807, 2.05) is 0 Å². The molecule has 0 bridgehead atoms. The van der Waals surface area contributed by atoms with Gasteiger partial charge in [-0.25, -0.2) is 17.2 Å². The first kappa shape index (κ1) is 15.4. The Morgan fingerprint density at radius 1 is 1.14 bits per heavy atom. The Balaban J connectivity index is 2.41. The highest BCUT2D eigenvalue weighted by molar-refractivity contribution is 7.92. The Kier molecular flexibility index (Phi) is 4.24. The molecule has 0 atom stereocenters. The summed E-state index contributed by atoms with van der Waals surface area (Å²) in [7, 11) is -4.00. The van der Waals surface area contributed by atoms with Gasteiger partial charge in [-0.2, -0.15) is 0 Å². The summed E-state index contributed by atoms with van der Waals surface area (Å²) in [6, 6.07) is 7.08. The van der Waals surface area contributed by atoms with E-state index in [4.69, 9.17) is 5.11 Å². The zero-order valence-electron chi connectivity index (χ0n) is 11.1. The summed E-state index contributed by atoms with van der Waals surface area (Å²) < 4.78 is 53.3. The van der Waals surface area contributed by atoms with E-state index < -0.39 is 28.3 Å². The normalized spacial score (nSPS) is 11.4. The molecule has 0 amide bonds. The summed E-state index contributed by atoms with van der Waals surface area (Å²) in [5, 5.41) is 8.97. The van der Waals surface area contributed by atoms with Gasteiger partial charge >= 0.3 is 0 Å². The number of nitrogens with one attached hydrogen (secondary N) is 1. The van der Waals surface area contributed by atoms with Crippen LogP contribution in [-0.2, 0) is 16.6 Å². The molecular formula is C14H13F2NO3S. The van der Waals surface area contributed by atoms with Gasteiger partial charge in [-0.05, 0) is 37.3 Å². The number of hydrogen-bond donors (Lipinski definition) is 2. The van der Waals surface area contributed by atoms with E-state index in [1.165, 1.54) is 25.1 Å². The van der Waals surface area contributed by atoms with Gasteiger partial charge in [0.2, 0.25) is 0 Å². The minimum atomic E-state index is -4.00. The van der Waals surface area contributed by atoms with Crippen molar-refractivity contribution in [2.45, 2.75) is 18.4 Å². The molecule has 2 rings (SSSR count). The van der Waals surface area contributed by atoms with Crippen molar-refractivity contribution < 1.29 is 22.3 Å². The molecule has 0 aromatic heterocycles. The summed E-state index contributed by atoms with van der Waals surface area (Å²) in [5.41, 5.74) is 0.129. The van der Waals surface area contributed by atoms with Crippen LogP contribution in [-0.4, -0.2) is 13.5 Å². The Morgan fingerprint density at radius 3 is 2.52 bits per heavy atom. The van der Waals surface area contributed by atoms with Gasteiger partial charge in [0.1, 0.15) is 11.6 Å². The second-order valence-electron chi connectivity index (χ2n) is 4.43. The molecule has 0 aliphatic carbocycles. The third-order valence-electron chi connectivity index (χ3n) is 3.01. The van der Waals surface area contributed by atoms with Crippen molar-refractivity contribution in [1.82, 2.24) is 0 Å². The fraction of sp³-hybridized carbons (Fsp3) is 0.143. The van der Waals surface area contributed by atoms with Gasteiger partial charge in [0, 0.05) is 11.1 Å². The molecule has 0 fully saturated rings. The fourth-order valence-corrected chi connectivity index (χ4v) is 2.93. The zero-order chi connectivity index (χ0) is 15.6. The largest absolute Gasteiger partial charge is 0.392 e. The third kappa shape index (κ3) is 3.20. The molecule has 0 radical (unpaired) electrons. The van der Waals surface area contributed by atoms with Crippen LogP contribution in [0.3, 0.4) is 0 Å². The first-order valence-corrected chi connectivity index (χ1v) is 7.50. The highest BCUT2D eigenvalue weighted by atomic mass is 32.2. The standard InChI is InChI=1S/C14H13F2NO3S/c1-9-12(15)3-2-4-14(9)17-21(19,20)11-5-6-13(16)10(7-11)8-18/h2-7,17-18H,8H2,1H3. The second-order valence-corrected chi connectivity index (χ2v) is 6.11. The number of aliphatic hydroxyl groups is 1. The molecule has 112 valence electrons. The lowest BCUT2D eigenvalue weighted by atomic mass is 10.2. The van der Waals surface area contributed by atoms with E-state index >= 15 is 0 Å². The molecule has 2 N–H and O–H groups in total. The van der Waals surface area contributed by atoms with Crippen LogP contribution in [0.1, 0.15) is 11.1 Å². The van der Waals surface area contributed by atoms with Crippen LogP contribution in [0, 0.1) is 18.6 Å². The number of rotatable bonds is 4. The molecule has 2 aromatic carbocycles. The van der Waals surface area contributed by atoms with E-state index in [0.717, 1.165) is 18.2 Å². The summed E-state index contributed by atoms with van der Waals surface area (Å²) in [5.74, 6) is -1.23. The number of anilines is 1. The van der Waals surface area contributed by atoms with Crippen molar-refractivity contribution in [2.24, 2.45) is 0 Å². The van der Waals surface area contributed by atoms with Crippen LogP contribution in [0.5, 0.6) is 0 Å². The van der Waals surface area contributed by atoms with Gasteiger partial charge in [-0.3, -0.25) is 4.72 Å². The highest BCUT2D eigenvalue weighted by Gasteiger charge is 2.18. The molecule has 0 saturated heterocycles. The van der Waals surface area contributed by atoms with E-state index in [1.54, 1.807) is 0 Å². The number of aliphatic hydroxyl groups excluding tert-OH is 1. The molecule has 7 heteroatoms. The molecule has 21 heavy (non-hydrogen) atoms. The smallest absolute Gasteiger partial charge is 0.261 e. The van der Waals surface area contributed by atoms with Gasteiger partial charge < -0.3 is 5.11 Å². The zero-order valence-corrected chi connectivity index (χ0v) is 11.9. The van der Waals surface area contributed by atoms with Gasteiger partial charge in [0.15, 0.2) is 0 Å². The van der Waals surface area contributed by atoms with Crippen molar-refractivity contribution in [3.05, 3.63) is 59.2 Å². The molecule has 0 aliphatic rings. The minimum absolute atomic E-state index is 0.102. The van der Waals surface area contributed by atoms with E-state index in [9.17, 15) is 17.2 Å². The van der Waals surface area contributed by atoms with Gasteiger partial charge in [0.05, 0.1) is 17.2 Å². The van der Waals surface area contributed by atoms with Crippen LogP contribution in [0.15, 0.2) is 41.3 Å². The van der Waals surface area contributed by atoms with Crippen molar-refractivity contribution in [3.8, 4) is 0 Å². The molecule has 0 saturated carbocycles. The van der Waals surface area contributed by atoms with Crippen molar-refractivity contribution in [1.29, 1.82) is 0 Å². The van der Waals surface area contributed by atoms with E-state index in [0.29, 0.717) is 0 Å². The molecule has 0 aliphatic heterocycles. The average molecular weight is 313 g/mol. The number of benzene rings is 2. The van der Waals surface area contributed by atoms with Crippen molar-refractivity contribution >= 4 is 15.7 Å². The van der Waals surface area contributed by atoms with Crippen LogP contribution in [0.25, 0.3) is 0 Å². The maximum atomic E-state index is 13.4. The maximum absolute atomic E-state index is 13.4. The minimum Gasteiger partial charge on any atom is -0.392 e. The number of halogens is 2. The molecule has 4 nitrogen and oxygen atoms in total. The first-order chi connectivity index (χ1) is 9.85. The summed E-state index contributed by atoms with van der Waals surface area (Å²) >= 11 is 0. The second kappa shape index (κ2) is 5.79. The fourth-order valence-electron chi connectivity index (χ4n) is 1.76. The quantitative estimate of drug-likeness (QED) is 0.911. The average Bonchev–Trinajstić information content (AvgIpc) is 2.44. The van der Waals surface area contributed by atoms with E-state index in [2.05, 4.69) is 4.72 Å². The molecule has 0 spiro atoms. The maximum Gasteiger partial charge on any atom is 0.261 e. The Bertz CT molecular complexity index is 776.